The third-order valence-corrected chi connectivity index (χ3v) is 1.74. The number of thiol groups is 1. The highest BCUT2D eigenvalue weighted by Crippen LogP contribution is 2.13. The van der Waals surface area contributed by atoms with Crippen molar-refractivity contribution in [3.8, 4) is 0 Å². The molecular weight excluding hydrogens is 212 g/mol. The summed E-state index contributed by atoms with van der Waals surface area (Å²) in [7, 11) is 0. The summed E-state index contributed by atoms with van der Waals surface area (Å²) in [6.07, 6.45) is 0. The SMILES string of the molecule is CC.CC(C)S.Cc1ccc(C(C)C)cc1. The quantitative estimate of drug-likeness (QED) is 0.618. The zero-order valence-electron chi connectivity index (χ0n) is 11.9. The first kappa shape index (κ1) is 17.9. The fourth-order valence-corrected chi connectivity index (χ4v) is 0.951. The lowest BCUT2D eigenvalue weighted by Gasteiger charge is -2.03. The van der Waals surface area contributed by atoms with Crippen molar-refractivity contribution in [1.82, 2.24) is 0 Å². The van der Waals surface area contributed by atoms with Crippen molar-refractivity contribution in [2.24, 2.45) is 0 Å². The Balaban J connectivity index is 0. The topological polar surface area (TPSA) is 0 Å². The van der Waals surface area contributed by atoms with E-state index in [1.165, 1.54) is 11.1 Å². The molecule has 1 aromatic carbocycles. The van der Waals surface area contributed by atoms with E-state index in [4.69, 9.17) is 0 Å². The second kappa shape index (κ2) is 11.1. The lowest BCUT2D eigenvalue weighted by atomic mass is 10.0. The van der Waals surface area contributed by atoms with Crippen LogP contribution in [0.1, 0.15) is 58.6 Å². The van der Waals surface area contributed by atoms with E-state index in [0.29, 0.717) is 11.2 Å². The van der Waals surface area contributed by atoms with Crippen LogP contribution in [0.25, 0.3) is 0 Å². The van der Waals surface area contributed by atoms with Crippen LogP contribution < -0.4 is 0 Å². The first-order chi connectivity index (χ1) is 7.43. The van der Waals surface area contributed by atoms with Gasteiger partial charge in [0.05, 0.1) is 0 Å². The van der Waals surface area contributed by atoms with Crippen molar-refractivity contribution in [2.45, 2.75) is 59.6 Å². The minimum absolute atomic E-state index is 0.528. The zero-order chi connectivity index (χ0) is 13.1. The van der Waals surface area contributed by atoms with Gasteiger partial charge in [-0.1, -0.05) is 71.4 Å². The molecule has 0 aliphatic carbocycles. The van der Waals surface area contributed by atoms with Gasteiger partial charge in [-0.15, -0.1) is 0 Å². The molecule has 0 atom stereocenters. The van der Waals surface area contributed by atoms with Gasteiger partial charge in [0.15, 0.2) is 0 Å². The van der Waals surface area contributed by atoms with E-state index in [0.717, 1.165) is 0 Å². The van der Waals surface area contributed by atoms with Gasteiger partial charge in [0, 0.05) is 0 Å². The standard InChI is InChI=1S/C10H14.C3H8S.C2H6/c1-8(2)10-6-4-9(3)5-7-10;1-3(2)4;1-2/h4-8H,1-3H3;3-4H,1-2H3;1-2H3. The van der Waals surface area contributed by atoms with Crippen LogP contribution in [0.4, 0.5) is 0 Å². The second-order valence-electron chi connectivity index (χ2n) is 4.16. The molecule has 0 saturated heterocycles. The van der Waals surface area contributed by atoms with Gasteiger partial charge < -0.3 is 0 Å². The Morgan fingerprint density at radius 3 is 1.44 bits per heavy atom. The van der Waals surface area contributed by atoms with Gasteiger partial charge in [0.25, 0.3) is 0 Å². The second-order valence-corrected chi connectivity index (χ2v) is 5.19. The van der Waals surface area contributed by atoms with E-state index >= 15 is 0 Å². The molecule has 0 nitrogen and oxygen atoms in total. The van der Waals surface area contributed by atoms with Crippen LogP contribution in [-0.2, 0) is 0 Å². The Hall–Kier alpha value is -0.430. The van der Waals surface area contributed by atoms with Crippen LogP contribution in [0.2, 0.25) is 0 Å². The summed E-state index contributed by atoms with van der Waals surface area (Å²) in [6.45, 7) is 14.6. The van der Waals surface area contributed by atoms with E-state index in [9.17, 15) is 0 Å². The number of aryl methyl sites for hydroxylation is 1. The van der Waals surface area contributed by atoms with Crippen LogP contribution >= 0.6 is 12.6 Å². The summed E-state index contributed by atoms with van der Waals surface area (Å²) in [5.41, 5.74) is 2.76. The molecule has 0 aliphatic rings. The van der Waals surface area contributed by atoms with Crippen LogP contribution in [0.5, 0.6) is 0 Å². The Labute approximate surface area is 108 Å². The largest absolute Gasteiger partial charge is 0.177 e. The van der Waals surface area contributed by atoms with Gasteiger partial charge in [-0.05, 0) is 23.7 Å². The predicted molar refractivity (Wildman–Crippen MR) is 80.7 cm³/mol. The normalized spacial score (nSPS) is 9.12. The first-order valence-corrected chi connectivity index (χ1v) is 6.69. The molecule has 0 spiro atoms. The third kappa shape index (κ3) is 11.6. The highest BCUT2D eigenvalue weighted by Gasteiger charge is 1.95. The Morgan fingerprint density at radius 2 is 1.19 bits per heavy atom. The highest BCUT2D eigenvalue weighted by molar-refractivity contribution is 7.80. The van der Waals surface area contributed by atoms with Gasteiger partial charge in [0.1, 0.15) is 0 Å². The van der Waals surface area contributed by atoms with E-state index in [1.807, 2.05) is 27.7 Å². The van der Waals surface area contributed by atoms with Crippen LogP contribution in [0, 0.1) is 6.92 Å². The maximum Gasteiger partial charge on any atom is -0.00399 e. The summed E-state index contributed by atoms with van der Waals surface area (Å²) in [6, 6.07) is 8.71. The van der Waals surface area contributed by atoms with Gasteiger partial charge >= 0.3 is 0 Å². The Kier molecular flexibility index (Phi) is 12.4. The molecular formula is C15H28S. The number of hydrogen-bond donors (Lipinski definition) is 1. The van der Waals surface area contributed by atoms with Crippen molar-refractivity contribution in [1.29, 1.82) is 0 Å². The van der Waals surface area contributed by atoms with Gasteiger partial charge in [-0.3, -0.25) is 0 Å². The van der Waals surface area contributed by atoms with E-state index in [1.54, 1.807) is 0 Å². The van der Waals surface area contributed by atoms with Gasteiger partial charge in [-0.2, -0.15) is 12.6 Å². The average molecular weight is 240 g/mol. The molecule has 0 fully saturated rings. The number of hydrogen-bond acceptors (Lipinski definition) is 1. The molecule has 0 N–H and O–H groups in total. The van der Waals surface area contributed by atoms with Gasteiger partial charge in [0.2, 0.25) is 0 Å². The molecule has 16 heavy (non-hydrogen) atoms. The van der Waals surface area contributed by atoms with Crippen molar-refractivity contribution >= 4 is 12.6 Å². The Morgan fingerprint density at radius 1 is 0.875 bits per heavy atom. The molecule has 0 unspecified atom stereocenters. The summed E-state index contributed by atoms with van der Waals surface area (Å²) >= 11 is 3.97. The molecule has 0 aliphatic heterocycles. The molecule has 94 valence electrons. The van der Waals surface area contributed by atoms with Gasteiger partial charge in [-0.25, -0.2) is 0 Å². The van der Waals surface area contributed by atoms with Crippen molar-refractivity contribution in [3.05, 3.63) is 35.4 Å². The van der Waals surface area contributed by atoms with E-state index < -0.39 is 0 Å². The summed E-state index contributed by atoms with van der Waals surface area (Å²) < 4.78 is 0. The minimum atomic E-state index is 0.528. The summed E-state index contributed by atoms with van der Waals surface area (Å²) in [5.74, 6) is 0.653. The van der Waals surface area contributed by atoms with Crippen LogP contribution in [0.15, 0.2) is 24.3 Å². The van der Waals surface area contributed by atoms with E-state index in [-0.39, 0.29) is 0 Å². The minimum Gasteiger partial charge on any atom is -0.177 e. The van der Waals surface area contributed by atoms with Crippen molar-refractivity contribution < 1.29 is 0 Å². The van der Waals surface area contributed by atoms with Crippen LogP contribution in [-0.4, -0.2) is 5.25 Å². The first-order valence-electron chi connectivity index (χ1n) is 6.18. The average Bonchev–Trinajstić information content (AvgIpc) is 2.20. The molecule has 1 rings (SSSR count). The molecule has 0 heterocycles. The molecule has 0 amide bonds. The van der Waals surface area contributed by atoms with Crippen LogP contribution in [0.3, 0.4) is 0 Å². The zero-order valence-corrected chi connectivity index (χ0v) is 12.8. The maximum absolute atomic E-state index is 3.97. The lowest BCUT2D eigenvalue weighted by Crippen LogP contribution is -1.85. The summed E-state index contributed by atoms with van der Waals surface area (Å²) in [5, 5.41) is 0.528. The highest BCUT2D eigenvalue weighted by atomic mass is 32.1. The molecule has 0 aromatic heterocycles. The monoisotopic (exact) mass is 240 g/mol. The molecule has 1 aromatic rings. The molecule has 1 heteroatoms. The van der Waals surface area contributed by atoms with E-state index in [2.05, 4.69) is 57.7 Å². The molecule has 0 saturated carbocycles. The number of benzene rings is 1. The Bertz CT molecular complexity index is 231. The smallest absolute Gasteiger partial charge is 0.00399 e. The fraction of sp³-hybridized carbons (Fsp3) is 0.600. The third-order valence-electron chi connectivity index (χ3n) is 1.74. The molecule has 0 bridgehead atoms. The predicted octanol–water partition coefficient (Wildman–Crippen LogP) is 5.47. The maximum atomic E-state index is 3.97. The van der Waals surface area contributed by atoms with Crippen molar-refractivity contribution in [3.63, 3.8) is 0 Å². The summed E-state index contributed by atoms with van der Waals surface area (Å²) in [4.78, 5) is 0. The molecule has 0 radical (unpaired) electrons. The fourth-order valence-electron chi connectivity index (χ4n) is 0.951. The number of rotatable bonds is 1. The van der Waals surface area contributed by atoms with Crippen molar-refractivity contribution in [2.75, 3.05) is 0 Å². The lowest BCUT2D eigenvalue weighted by molar-refractivity contribution is 0.866.